The Morgan fingerprint density at radius 2 is 1.94 bits per heavy atom. The normalized spacial score (nSPS) is 11.5. The molecule has 0 saturated heterocycles. The van der Waals surface area contributed by atoms with Crippen LogP contribution in [0, 0.1) is 0 Å². The van der Waals surface area contributed by atoms with E-state index in [2.05, 4.69) is 5.32 Å². The highest BCUT2D eigenvalue weighted by molar-refractivity contribution is 7.80. The Balaban J connectivity index is 2.90. The van der Waals surface area contributed by atoms with Crippen LogP contribution in [0.25, 0.3) is 0 Å². The Kier molecular flexibility index (Phi) is 4.91. The third kappa shape index (κ3) is 3.33. The van der Waals surface area contributed by atoms with Crippen LogP contribution in [0.5, 0.6) is 11.5 Å². The summed E-state index contributed by atoms with van der Waals surface area (Å²) in [5.74, 6) is 0.792. The summed E-state index contributed by atoms with van der Waals surface area (Å²) in [5, 5.41) is 2.68. The molecule has 18 heavy (non-hydrogen) atoms. The van der Waals surface area contributed by atoms with Gasteiger partial charge in [0.2, 0.25) is 0 Å². The smallest absolute Gasteiger partial charge is 0.251 e. The topological polar surface area (TPSA) is 73.6 Å². The Morgan fingerprint density at radius 3 is 2.44 bits per heavy atom. The van der Waals surface area contributed by atoms with Crippen LogP contribution in [0.2, 0.25) is 0 Å². The molecule has 0 aromatic heterocycles. The predicted octanol–water partition coefficient (Wildman–Crippen LogP) is 1.11. The van der Waals surface area contributed by atoms with Gasteiger partial charge >= 0.3 is 0 Å². The lowest BCUT2D eigenvalue weighted by Gasteiger charge is -2.13. The van der Waals surface area contributed by atoms with E-state index in [0.717, 1.165) is 0 Å². The van der Waals surface area contributed by atoms with Crippen LogP contribution in [0.15, 0.2) is 18.2 Å². The quantitative estimate of drug-likeness (QED) is 0.783. The van der Waals surface area contributed by atoms with Crippen molar-refractivity contribution in [2.45, 2.75) is 13.0 Å². The molecule has 0 aliphatic rings. The van der Waals surface area contributed by atoms with Gasteiger partial charge in [-0.15, -0.1) is 0 Å². The largest absolute Gasteiger partial charge is 0.493 e. The number of benzene rings is 1. The summed E-state index contributed by atoms with van der Waals surface area (Å²) in [7, 11) is 3.05. The van der Waals surface area contributed by atoms with Crippen molar-refractivity contribution in [3.63, 3.8) is 0 Å². The Bertz CT molecular complexity index is 463. The summed E-state index contributed by atoms with van der Waals surface area (Å²) in [5.41, 5.74) is 5.89. The van der Waals surface area contributed by atoms with Crippen molar-refractivity contribution in [3.05, 3.63) is 23.8 Å². The van der Waals surface area contributed by atoms with E-state index in [1.807, 2.05) is 0 Å². The molecular formula is C12H16N2O3S. The van der Waals surface area contributed by atoms with Gasteiger partial charge in [-0.3, -0.25) is 4.79 Å². The third-order valence-corrected chi connectivity index (χ3v) is 2.77. The van der Waals surface area contributed by atoms with Gasteiger partial charge in [0.15, 0.2) is 11.5 Å². The van der Waals surface area contributed by atoms with Crippen molar-refractivity contribution in [2.75, 3.05) is 14.2 Å². The lowest BCUT2D eigenvalue weighted by Crippen LogP contribution is -2.41. The molecule has 5 nitrogen and oxygen atoms in total. The Morgan fingerprint density at radius 1 is 1.33 bits per heavy atom. The first-order valence-electron chi connectivity index (χ1n) is 5.31. The zero-order chi connectivity index (χ0) is 13.7. The summed E-state index contributed by atoms with van der Waals surface area (Å²) >= 11 is 4.79. The Labute approximate surface area is 111 Å². The SMILES string of the molecule is COc1ccc(C(=O)NC(C)C(N)=S)cc1OC. The molecule has 1 aromatic rings. The van der Waals surface area contributed by atoms with Gasteiger partial charge in [0.1, 0.15) is 0 Å². The van der Waals surface area contributed by atoms with Gasteiger partial charge in [-0.1, -0.05) is 12.2 Å². The maximum Gasteiger partial charge on any atom is 0.251 e. The van der Waals surface area contributed by atoms with Crippen molar-refractivity contribution >= 4 is 23.1 Å². The number of thiocarbonyl (C=S) groups is 1. The fourth-order valence-corrected chi connectivity index (χ4v) is 1.39. The van der Waals surface area contributed by atoms with Crippen LogP contribution in [0.4, 0.5) is 0 Å². The highest BCUT2D eigenvalue weighted by Crippen LogP contribution is 2.27. The second kappa shape index (κ2) is 6.20. The van der Waals surface area contributed by atoms with E-state index in [4.69, 9.17) is 27.4 Å². The minimum absolute atomic E-state index is 0.240. The first-order chi connectivity index (χ1) is 8.49. The maximum atomic E-state index is 11.9. The van der Waals surface area contributed by atoms with Crippen molar-refractivity contribution < 1.29 is 14.3 Å². The molecule has 0 heterocycles. The van der Waals surface area contributed by atoms with E-state index in [1.165, 1.54) is 14.2 Å². The van der Waals surface area contributed by atoms with E-state index in [0.29, 0.717) is 17.1 Å². The number of carbonyl (C=O) groups is 1. The third-order valence-electron chi connectivity index (χ3n) is 2.42. The summed E-state index contributed by atoms with van der Waals surface area (Å²) in [6.45, 7) is 1.72. The van der Waals surface area contributed by atoms with Gasteiger partial charge in [0, 0.05) is 5.56 Å². The number of nitrogens with two attached hydrogens (primary N) is 1. The first-order valence-corrected chi connectivity index (χ1v) is 5.72. The lowest BCUT2D eigenvalue weighted by molar-refractivity contribution is 0.0949. The van der Waals surface area contributed by atoms with Crippen molar-refractivity contribution in [1.82, 2.24) is 5.32 Å². The van der Waals surface area contributed by atoms with Gasteiger partial charge in [-0.25, -0.2) is 0 Å². The molecule has 1 atom stereocenters. The van der Waals surface area contributed by atoms with Crippen LogP contribution in [0.3, 0.4) is 0 Å². The minimum Gasteiger partial charge on any atom is -0.493 e. The Hall–Kier alpha value is -1.82. The highest BCUT2D eigenvalue weighted by atomic mass is 32.1. The van der Waals surface area contributed by atoms with E-state index >= 15 is 0 Å². The van der Waals surface area contributed by atoms with E-state index in [-0.39, 0.29) is 16.9 Å². The maximum absolute atomic E-state index is 11.9. The lowest BCUT2D eigenvalue weighted by atomic mass is 10.1. The molecule has 98 valence electrons. The summed E-state index contributed by atoms with van der Waals surface area (Å²) in [4.78, 5) is 12.1. The zero-order valence-electron chi connectivity index (χ0n) is 10.5. The van der Waals surface area contributed by atoms with Crippen molar-refractivity contribution in [1.29, 1.82) is 0 Å². The van der Waals surface area contributed by atoms with Gasteiger partial charge in [0.05, 0.1) is 25.2 Å². The monoisotopic (exact) mass is 268 g/mol. The molecule has 1 aromatic carbocycles. The van der Waals surface area contributed by atoms with Crippen LogP contribution >= 0.6 is 12.2 Å². The molecule has 0 aliphatic carbocycles. The molecule has 3 N–H and O–H groups in total. The molecular weight excluding hydrogens is 252 g/mol. The number of amides is 1. The van der Waals surface area contributed by atoms with Crippen LogP contribution in [-0.4, -0.2) is 31.2 Å². The van der Waals surface area contributed by atoms with E-state index in [1.54, 1.807) is 25.1 Å². The molecule has 1 rings (SSSR count). The van der Waals surface area contributed by atoms with Gasteiger partial charge in [-0.05, 0) is 25.1 Å². The molecule has 0 bridgehead atoms. The fourth-order valence-electron chi connectivity index (χ4n) is 1.33. The number of methoxy groups -OCH3 is 2. The van der Waals surface area contributed by atoms with Crippen LogP contribution in [-0.2, 0) is 0 Å². The second-order valence-electron chi connectivity index (χ2n) is 3.67. The molecule has 0 spiro atoms. The van der Waals surface area contributed by atoms with E-state index < -0.39 is 0 Å². The number of ether oxygens (including phenoxy) is 2. The average Bonchev–Trinajstić information content (AvgIpc) is 2.37. The van der Waals surface area contributed by atoms with Gasteiger partial charge < -0.3 is 20.5 Å². The number of hydrogen-bond acceptors (Lipinski definition) is 4. The second-order valence-corrected chi connectivity index (χ2v) is 4.14. The summed E-state index contributed by atoms with van der Waals surface area (Å²) in [6.07, 6.45) is 0. The number of carbonyl (C=O) groups excluding carboxylic acids is 1. The molecule has 0 saturated carbocycles. The number of hydrogen-bond donors (Lipinski definition) is 2. The van der Waals surface area contributed by atoms with Crippen molar-refractivity contribution in [2.24, 2.45) is 5.73 Å². The van der Waals surface area contributed by atoms with Gasteiger partial charge in [0.25, 0.3) is 5.91 Å². The average molecular weight is 268 g/mol. The summed E-state index contributed by atoms with van der Waals surface area (Å²) < 4.78 is 10.2. The first kappa shape index (κ1) is 14.2. The molecule has 0 fully saturated rings. The number of rotatable bonds is 5. The van der Waals surface area contributed by atoms with Crippen LogP contribution in [0.1, 0.15) is 17.3 Å². The standard InChI is InChI=1S/C12H16N2O3S/c1-7(11(13)18)14-12(15)8-4-5-9(16-2)10(6-8)17-3/h4-7H,1-3H3,(H2,13,18)(H,14,15). The molecule has 1 unspecified atom stereocenters. The van der Waals surface area contributed by atoms with Crippen molar-refractivity contribution in [3.8, 4) is 11.5 Å². The van der Waals surface area contributed by atoms with Crippen LogP contribution < -0.4 is 20.5 Å². The molecule has 6 heteroatoms. The molecule has 1 amide bonds. The predicted molar refractivity (Wildman–Crippen MR) is 73.3 cm³/mol. The molecule has 0 radical (unpaired) electrons. The zero-order valence-corrected chi connectivity index (χ0v) is 11.3. The highest BCUT2D eigenvalue weighted by Gasteiger charge is 2.13. The summed E-state index contributed by atoms with van der Waals surface area (Å²) in [6, 6.07) is 4.54. The molecule has 0 aliphatic heterocycles. The van der Waals surface area contributed by atoms with Gasteiger partial charge in [-0.2, -0.15) is 0 Å². The fraction of sp³-hybridized carbons (Fsp3) is 0.333. The van der Waals surface area contributed by atoms with E-state index in [9.17, 15) is 4.79 Å². The minimum atomic E-state index is -0.361. The number of nitrogens with one attached hydrogen (secondary N) is 1.